The van der Waals surface area contributed by atoms with Crippen LogP contribution in [0.25, 0.3) is 0 Å². The molecule has 0 radical (unpaired) electrons. The van der Waals surface area contributed by atoms with Crippen molar-refractivity contribution in [3.63, 3.8) is 0 Å². The fraction of sp³-hybridized carbons (Fsp3) is 0.455. The van der Waals surface area contributed by atoms with E-state index in [0.29, 0.717) is 5.92 Å². The maximum atomic E-state index is 12.5. The van der Waals surface area contributed by atoms with Gasteiger partial charge in [-0.05, 0) is 39.3 Å². The first-order chi connectivity index (χ1) is 6.92. The molecule has 1 rings (SSSR count). The zero-order chi connectivity index (χ0) is 11.5. The van der Waals surface area contributed by atoms with Gasteiger partial charge in [0.1, 0.15) is 5.75 Å². The fourth-order valence-corrected chi connectivity index (χ4v) is 1.39. The minimum Gasteiger partial charge on any atom is -0.430 e. The molecule has 0 spiro atoms. The van der Waals surface area contributed by atoms with Crippen molar-refractivity contribution in [3.8, 4) is 5.75 Å². The molecule has 2 unspecified atom stereocenters. The van der Waals surface area contributed by atoms with Gasteiger partial charge in [-0.3, -0.25) is 0 Å². The second kappa shape index (κ2) is 4.89. The lowest BCUT2D eigenvalue weighted by Gasteiger charge is -2.14. The van der Waals surface area contributed by atoms with Crippen molar-refractivity contribution in [3.05, 3.63) is 29.8 Å². The maximum Gasteiger partial charge on any atom is 0.408 e. The van der Waals surface area contributed by atoms with Gasteiger partial charge in [0, 0.05) is 0 Å². The molecule has 0 aromatic heterocycles. The molecule has 84 valence electrons. The van der Waals surface area contributed by atoms with Gasteiger partial charge in [-0.25, -0.2) is 0 Å². The molecule has 0 aliphatic carbocycles. The van der Waals surface area contributed by atoms with Crippen LogP contribution in [-0.4, -0.2) is 5.85 Å². The lowest BCUT2D eigenvalue weighted by atomic mass is 9.99. The summed E-state index contributed by atoms with van der Waals surface area (Å²) >= 11 is 0. The minimum absolute atomic E-state index is 0.182. The molecule has 1 aromatic carbocycles. The van der Waals surface area contributed by atoms with Crippen LogP contribution in [0.4, 0.5) is 8.78 Å². The monoisotopic (exact) mass is 232 g/mol. The summed E-state index contributed by atoms with van der Waals surface area (Å²) in [6.07, 6.45) is 1.03. The lowest BCUT2D eigenvalue weighted by molar-refractivity contribution is -0.0892. The molecule has 0 aliphatic heterocycles. The summed E-state index contributed by atoms with van der Waals surface area (Å²) in [6, 6.07) is 6.78. The summed E-state index contributed by atoms with van der Waals surface area (Å²) in [7, 11) is 1.35. The normalized spacial score (nSPS) is 13.7. The molecule has 2 atom stereocenters. The fourth-order valence-electron chi connectivity index (χ4n) is 1.26. The molecule has 0 heterocycles. The van der Waals surface area contributed by atoms with Crippen LogP contribution in [0.15, 0.2) is 24.3 Å². The molecule has 0 saturated heterocycles. The second-order valence-electron chi connectivity index (χ2n) is 3.54. The van der Waals surface area contributed by atoms with E-state index >= 15 is 0 Å². The van der Waals surface area contributed by atoms with Crippen LogP contribution in [0.5, 0.6) is 5.75 Å². The Morgan fingerprint density at radius 2 is 1.87 bits per heavy atom. The van der Waals surface area contributed by atoms with Crippen LogP contribution < -0.4 is 4.74 Å². The number of ether oxygens (including phenoxy) is 1. The Morgan fingerprint density at radius 3 is 2.27 bits per heavy atom. The van der Waals surface area contributed by atoms with Crippen LogP contribution in [-0.2, 0) is 0 Å². The highest BCUT2D eigenvalue weighted by atomic mass is 31.0. The van der Waals surface area contributed by atoms with Gasteiger partial charge in [-0.1, -0.05) is 26.0 Å². The molecule has 1 nitrogen and oxygen atoms in total. The van der Waals surface area contributed by atoms with Gasteiger partial charge in [-0.2, -0.15) is 8.78 Å². The molecular weight excluding hydrogens is 217 g/mol. The highest BCUT2D eigenvalue weighted by Crippen LogP contribution is 2.28. The third-order valence-electron chi connectivity index (χ3n) is 2.32. The standard InChI is InChI=1S/C11H15F2OP/c1-3-8(2)9-4-6-10(7-5-9)14-11(12,13)15/h4-8H,3,15H2,1-2H3. The van der Waals surface area contributed by atoms with E-state index in [-0.39, 0.29) is 5.75 Å². The summed E-state index contributed by atoms with van der Waals surface area (Å²) in [5, 5.41) is 0. The lowest BCUT2D eigenvalue weighted by Crippen LogP contribution is -2.14. The molecule has 0 saturated carbocycles. The zero-order valence-electron chi connectivity index (χ0n) is 8.84. The summed E-state index contributed by atoms with van der Waals surface area (Å²) in [5.41, 5.74) is 1.14. The Balaban J connectivity index is 2.72. The van der Waals surface area contributed by atoms with Gasteiger partial charge >= 0.3 is 5.85 Å². The number of halogens is 2. The number of hydrogen-bond acceptors (Lipinski definition) is 1. The summed E-state index contributed by atoms with van der Waals surface area (Å²) in [6.45, 7) is 4.19. The van der Waals surface area contributed by atoms with Crippen molar-refractivity contribution in [2.24, 2.45) is 0 Å². The Labute approximate surface area is 91.0 Å². The molecular formula is C11H15F2OP. The van der Waals surface area contributed by atoms with Crippen molar-refractivity contribution < 1.29 is 13.5 Å². The number of rotatable bonds is 4. The summed E-state index contributed by atoms with van der Waals surface area (Å²) < 4.78 is 29.3. The first kappa shape index (κ1) is 12.4. The van der Waals surface area contributed by atoms with Crippen LogP contribution in [0.3, 0.4) is 0 Å². The maximum absolute atomic E-state index is 12.5. The Morgan fingerprint density at radius 1 is 1.33 bits per heavy atom. The highest BCUT2D eigenvalue weighted by molar-refractivity contribution is 7.17. The van der Waals surface area contributed by atoms with Crippen LogP contribution in [0.1, 0.15) is 31.7 Å². The summed E-state index contributed by atoms with van der Waals surface area (Å²) in [5.74, 6) is -2.57. The van der Waals surface area contributed by atoms with Crippen LogP contribution in [0, 0.1) is 0 Å². The largest absolute Gasteiger partial charge is 0.430 e. The van der Waals surface area contributed by atoms with Gasteiger partial charge in [0.25, 0.3) is 0 Å². The van der Waals surface area contributed by atoms with E-state index in [1.165, 1.54) is 9.24 Å². The molecule has 4 heteroatoms. The van der Waals surface area contributed by atoms with Crippen molar-refractivity contribution in [2.75, 3.05) is 0 Å². The molecule has 15 heavy (non-hydrogen) atoms. The smallest absolute Gasteiger partial charge is 0.408 e. The van der Waals surface area contributed by atoms with E-state index in [2.05, 4.69) is 18.6 Å². The van der Waals surface area contributed by atoms with Crippen molar-refractivity contribution in [1.29, 1.82) is 0 Å². The Bertz CT molecular complexity index is 305. The van der Waals surface area contributed by atoms with Crippen molar-refractivity contribution >= 4 is 9.24 Å². The third-order valence-corrected chi connectivity index (χ3v) is 2.43. The second-order valence-corrected chi connectivity index (χ2v) is 4.21. The first-order valence-corrected chi connectivity index (χ1v) is 5.45. The highest BCUT2D eigenvalue weighted by Gasteiger charge is 2.23. The van der Waals surface area contributed by atoms with E-state index in [1.807, 2.05) is 12.1 Å². The SMILES string of the molecule is CCC(C)c1ccc(OC(F)(F)P)cc1. The van der Waals surface area contributed by atoms with Gasteiger partial charge in [0.2, 0.25) is 0 Å². The molecule has 0 fully saturated rings. The van der Waals surface area contributed by atoms with E-state index in [0.717, 1.165) is 12.0 Å². The van der Waals surface area contributed by atoms with Crippen molar-refractivity contribution in [1.82, 2.24) is 0 Å². The van der Waals surface area contributed by atoms with E-state index in [1.54, 1.807) is 12.1 Å². The first-order valence-electron chi connectivity index (χ1n) is 4.88. The predicted molar refractivity (Wildman–Crippen MR) is 60.4 cm³/mol. The van der Waals surface area contributed by atoms with E-state index in [9.17, 15) is 8.78 Å². The zero-order valence-corrected chi connectivity index (χ0v) is 9.99. The van der Waals surface area contributed by atoms with Gasteiger partial charge in [-0.15, -0.1) is 0 Å². The molecule has 0 amide bonds. The Kier molecular flexibility index (Phi) is 4.04. The average Bonchev–Trinajstić information content (AvgIpc) is 2.15. The molecule has 1 aromatic rings. The van der Waals surface area contributed by atoms with Gasteiger partial charge in [0.05, 0.1) is 0 Å². The topological polar surface area (TPSA) is 9.23 Å². The summed E-state index contributed by atoms with van der Waals surface area (Å²) in [4.78, 5) is 0. The van der Waals surface area contributed by atoms with Crippen molar-refractivity contribution in [2.45, 2.75) is 32.0 Å². The van der Waals surface area contributed by atoms with Gasteiger partial charge < -0.3 is 4.74 Å². The Hall–Kier alpha value is -0.690. The average molecular weight is 232 g/mol. The number of benzene rings is 1. The van der Waals surface area contributed by atoms with Crippen LogP contribution in [0.2, 0.25) is 0 Å². The predicted octanol–water partition coefficient (Wildman–Crippen LogP) is 4.00. The van der Waals surface area contributed by atoms with Gasteiger partial charge in [0.15, 0.2) is 0 Å². The molecule has 0 aliphatic rings. The number of alkyl halides is 2. The quantitative estimate of drug-likeness (QED) is 0.713. The minimum atomic E-state index is -3.20. The molecule has 0 N–H and O–H groups in total. The van der Waals surface area contributed by atoms with Crippen LogP contribution >= 0.6 is 9.24 Å². The van der Waals surface area contributed by atoms with E-state index < -0.39 is 5.85 Å². The third kappa shape index (κ3) is 4.13. The molecule has 0 bridgehead atoms. The number of hydrogen-bond donors (Lipinski definition) is 0. The van der Waals surface area contributed by atoms with E-state index in [4.69, 9.17) is 0 Å².